The number of nitrogens with one attached hydrogen (secondary N) is 3. The molecule has 1 aromatic carbocycles. The second-order valence-electron chi connectivity index (χ2n) is 7.53. The Morgan fingerprint density at radius 3 is 2.63 bits per heavy atom. The zero-order valence-corrected chi connectivity index (χ0v) is 19.6. The first kappa shape index (κ1) is 22.5. The van der Waals surface area contributed by atoms with Crippen molar-refractivity contribution >= 4 is 28.8 Å². The maximum Gasteiger partial charge on any atom is 0.261 e. The van der Waals surface area contributed by atoms with Gasteiger partial charge in [0.05, 0.1) is 27.6 Å². The van der Waals surface area contributed by atoms with Crippen LogP contribution < -0.4 is 16.4 Å². The number of aromatic amines is 2. The third kappa shape index (κ3) is 4.84. The number of nitrogens with zero attached hydrogens (tertiary/aromatic N) is 3. The average Bonchev–Trinajstić information content (AvgIpc) is 3.52. The van der Waals surface area contributed by atoms with E-state index in [-0.39, 0.29) is 23.6 Å². The first-order chi connectivity index (χ1) is 17.0. The smallest absolute Gasteiger partial charge is 0.261 e. The molecular formula is C24H17ClN6O3S. The molecule has 0 unspecified atom stereocenters. The van der Waals surface area contributed by atoms with Gasteiger partial charge in [0, 0.05) is 35.2 Å². The van der Waals surface area contributed by atoms with E-state index < -0.39 is 0 Å². The maximum atomic E-state index is 12.3. The Balaban J connectivity index is 1.48. The summed E-state index contributed by atoms with van der Waals surface area (Å²) in [5, 5.41) is 11.2. The van der Waals surface area contributed by atoms with Gasteiger partial charge in [0.2, 0.25) is 5.56 Å². The molecule has 0 saturated heterocycles. The zero-order valence-electron chi connectivity index (χ0n) is 18.0. The molecule has 0 radical (unpaired) electrons. The van der Waals surface area contributed by atoms with Crippen LogP contribution >= 0.6 is 22.9 Å². The van der Waals surface area contributed by atoms with Crippen LogP contribution in [0.2, 0.25) is 4.34 Å². The highest BCUT2D eigenvalue weighted by Gasteiger charge is 2.14. The quantitative estimate of drug-likeness (QED) is 0.325. The lowest BCUT2D eigenvalue weighted by atomic mass is 9.99. The van der Waals surface area contributed by atoms with Crippen LogP contribution in [-0.2, 0) is 6.54 Å². The summed E-state index contributed by atoms with van der Waals surface area (Å²) in [5.41, 5.74) is 3.49. The number of rotatable bonds is 6. The molecule has 5 aromatic rings. The number of H-pyrrole nitrogens is 2. The van der Waals surface area contributed by atoms with Crippen LogP contribution in [0.15, 0.2) is 82.8 Å². The van der Waals surface area contributed by atoms with Crippen molar-refractivity contribution in [3.05, 3.63) is 109 Å². The average molecular weight is 505 g/mol. The van der Waals surface area contributed by atoms with E-state index in [2.05, 4.69) is 25.6 Å². The molecule has 0 aliphatic carbocycles. The second kappa shape index (κ2) is 9.53. The number of hydrogen-bond acceptors (Lipinski definition) is 6. The minimum absolute atomic E-state index is 0.180. The van der Waals surface area contributed by atoms with E-state index >= 15 is 0 Å². The van der Waals surface area contributed by atoms with Gasteiger partial charge in [-0.1, -0.05) is 22.9 Å². The monoisotopic (exact) mass is 504 g/mol. The number of hydrogen-bond donors (Lipinski definition) is 3. The number of pyridine rings is 2. The molecule has 9 nitrogen and oxygen atoms in total. The molecule has 4 aromatic heterocycles. The summed E-state index contributed by atoms with van der Waals surface area (Å²) in [6.07, 6.45) is 4.89. The fourth-order valence-corrected chi connectivity index (χ4v) is 4.51. The number of carbonyl (C=O) groups excluding carboxylic acids is 1. The van der Waals surface area contributed by atoms with Crippen molar-refractivity contribution < 1.29 is 4.79 Å². The van der Waals surface area contributed by atoms with Gasteiger partial charge in [-0.2, -0.15) is 0 Å². The van der Waals surface area contributed by atoms with Gasteiger partial charge in [0.15, 0.2) is 0 Å². The minimum Gasteiger partial charge on any atom is -0.346 e. The summed E-state index contributed by atoms with van der Waals surface area (Å²) in [4.78, 5) is 42.1. The van der Waals surface area contributed by atoms with Crippen molar-refractivity contribution in [1.82, 2.24) is 30.3 Å². The Morgan fingerprint density at radius 2 is 1.89 bits per heavy atom. The topological polar surface area (TPSA) is 126 Å². The lowest BCUT2D eigenvalue weighted by molar-refractivity contribution is 0.0954. The first-order valence-electron chi connectivity index (χ1n) is 10.4. The van der Waals surface area contributed by atoms with Gasteiger partial charge in [-0.3, -0.25) is 14.4 Å². The van der Waals surface area contributed by atoms with Gasteiger partial charge in [0.1, 0.15) is 5.69 Å². The van der Waals surface area contributed by atoms with E-state index in [9.17, 15) is 14.4 Å². The number of benzene rings is 1. The molecule has 0 spiro atoms. The van der Waals surface area contributed by atoms with Crippen molar-refractivity contribution in [2.45, 2.75) is 6.54 Å². The van der Waals surface area contributed by atoms with Gasteiger partial charge in [0.25, 0.3) is 11.5 Å². The molecule has 35 heavy (non-hydrogen) atoms. The molecule has 4 heterocycles. The van der Waals surface area contributed by atoms with Crippen molar-refractivity contribution in [3.8, 4) is 27.9 Å². The highest BCUT2D eigenvalue weighted by Crippen LogP contribution is 2.30. The lowest BCUT2D eigenvalue weighted by Gasteiger charge is -2.12. The van der Waals surface area contributed by atoms with Crippen molar-refractivity contribution in [2.24, 2.45) is 0 Å². The van der Waals surface area contributed by atoms with Gasteiger partial charge < -0.3 is 15.3 Å². The highest BCUT2D eigenvalue weighted by molar-refractivity contribution is 7.17. The van der Waals surface area contributed by atoms with E-state index in [4.69, 9.17) is 11.6 Å². The predicted molar refractivity (Wildman–Crippen MR) is 134 cm³/mol. The molecule has 0 atom stereocenters. The number of thiophene rings is 1. The van der Waals surface area contributed by atoms with Crippen molar-refractivity contribution in [1.29, 1.82) is 0 Å². The molecule has 5 rings (SSSR count). The van der Waals surface area contributed by atoms with Crippen LogP contribution in [0, 0.1) is 0 Å². The van der Waals surface area contributed by atoms with Crippen LogP contribution in [0.3, 0.4) is 0 Å². The molecule has 11 heteroatoms. The number of carbonyl (C=O) groups is 1. The Kier molecular flexibility index (Phi) is 6.13. The lowest BCUT2D eigenvalue weighted by Crippen LogP contribution is -2.21. The molecular weight excluding hydrogens is 488 g/mol. The van der Waals surface area contributed by atoms with Gasteiger partial charge in [-0.05, 0) is 48.0 Å². The minimum atomic E-state index is -0.247. The third-order valence-corrected chi connectivity index (χ3v) is 6.47. The first-order valence-corrected chi connectivity index (χ1v) is 11.6. The van der Waals surface area contributed by atoms with E-state index in [1.54, 1.807) is 53.6 Å². The third-order valence-electron chi connectivity index (χ3n) is 5.24. The molecule has 0 fully saturated rings. The van der Waals surface area contributed by atoms with Crippen LogP contribution in [0.25, 0.3) is 27.9 Å². The molecule has 1 amide bonds. The van der Waals surface area contributed by atoms with E-state index in [1.807, 2.05) is 18.2 Å². The highest BCUT2D eigenvalue weighted by atomic mass is 35.5. The van der Waals surface area contributed by atoms with Crippen LogP contribution in [0.1, 0.15) is 15.4 Å². The SMILES string of the molecule is O=C(NCc1cn(-c2ccc(-c3ccc[nH]c3=O)cc2-c2ccc(=O)[nH]c2)nn1)c1ccc(Cl)s1. The standard InChI is InChI=1S/C24H17ClN6O3S/c25-21-7-6-20(35-21)24(34)28-12-16-13-31(30-29-16)19-5-3-14(17-2-1-9-26-23(17)33)10-18(19)15-4-8-22(32)27-11-15/h1-11,13H,12H2,(H,26,33)(H,27,32)(H,28,34). The number of amides is 1. The number of halogens is 1. The molecule has 3 N–H and O–H groups in total. The fraction of sp³-hybridized carbons (Fsp3) is 0.0417. The molecule has 0 aliphatic heterocycles. The summed E-state index contributed by atoms with van der Waals surface area (Å²) in [5.74, 6) is -0.247. The van der Waals surface area contributed by atoms with E-state index in [1.165, 1.54) is 17.4 Å². The van der Waals surface area contributed by atoms with Gasteiger partial charge in [-0.15, -0.1) is 16.4 Å². The van der Waals surface area contributed by atoms with Crippen LogP contribution in [-0.4, -0.2) is 30.9 Å². The summed E-state index contributed by atoms with van der Waals surface area (Å²) in [6.45, 7) is 0.180. The largest absolute Gasteiger partial charge is 0.346 e. The molecule has 0 bridgehead atoms. The Morgan fingerprint density at radius 1 is 1.03 bits per heavy atom. The van der Waals surface area contributed by atoms with E-state index in [0.29, 0.717) is 31.7 Å². The fourth-order valence-electron chi connectivity index (χ4n) is 3.55. The normalized spacial score (nSPS) is 10.9. The van der Waals surface area contributed by atoms with E-state index in [0.717, 1.165) is 11.1 Å². The van der Waals surface area contributed by atoms with Crippen molar-refractivity contribution in [2.75, 3.05) is 0 Å². The summed E-state index contributed by atoms with van der Waals surface area (Å²) < 4.78 is 2.12. The second-order valence-corrected chi connectivity index (χ2v) is 9.24. The predicted octanol–water partition coefficient (Wildman–Crippen LogP) is 3.62. The number of aromatic nitrogens is 5. The van der Waals surface area contributed by atoms with Crippen LogP contribution in [0.4, 0.5) is 0 Å². The maximum absolute atomic E-state index is 12.3. The Bertz CT molecular complexity index is 1630. The van der Waals surface area contributed by atoms with Crippen molar-refractivity contribution in [3.63, 3.8) is 0 Å². The van der Waals surface area contributed by atoms with Crippen LogP contribution in [0.5, 0.6) is 0 Å². The molecule has 174 valence electrons. The Labute approximate surface area is 207 Å². The van der Waals surface area contributed by atoms with Gasteiger partial charge in [-0.25, -0.2) is 4.68 Å². The van der Waals surface area contributed by atoms with Gasteiger partial charge >= 0.3 is 0 Å². The molecule has 0 saturated carbocycles. The molecule has 0 aliphatic rings. The summed E-state index contributed by atoms with van der Waals surface area (Å²) >= 11 is 7.10. The summed E-state index contributed by atoms with van der Waals surface area (Å²) in [6, 6.07) is 15.5. The summed E-state index contributed by atoms with van der Waals surface area (Å²) in [7, 11) is 0. The zero-order chi connectivity index (χ0) is 24.4. The Hall–Kier alpha value is -4.28.